The van der Waals surface area contributed by atoms with Crippen molar-refractivity contribution in [3.05, 3.63) is 148 Å². The van der Waals surface area contributed by atoms with E-state index in [-0.39, 0.29) is 43.0 Å². The zero-order valence-corrected chi connectivity index (χ0v) is 35.5. The molecule has 0 fully saturated rings. The summed E-state index contributed by atoms with van der Waals surface area (Å²) < 4.78 is 0. The summed E-state index contributed by atoms with van der Waals surface area (Å²) in [5.41, 5.74) is 17.0. The Morgan fingerprint density at radius 1 is 0.686 bits per heavy atom. The number of benzene rings is 6. The van der Waals surface area contributed by atoms with E-state index in [0.29, 0.717) is 0 Å². The minimum absolute atomic E-state index is 0. The molecule has 2 aliphatic carbocycles. The van der Waals surface area contributed by atoms with Crippen LogP contribution in [0.4, 0.5) is 0 Å². The summed E-state index contributed by atoms with van der Waals surface area (Å²) in [7, 11) is 1.08. The van der Waals surface area contributed by atoms with Crippen LogP contribution in [-0.4, -0.2) is 9.52 Å². The van der Waals surface area contributed by atoms with Crippen molar-refractivity contribution >= 4 is 37.1 Å². The Morgan fingerprint density at radius 2 is 1.37 bits per heavy atom. The van der Waals surface area contributed by atoms with Crippen molar-refractivity contribution in [3.63, 3.8) is 0 Å². The normalized spacial score (nSPS) is 14.7. The topological polar surface area (TPSA) is 0 Å². The second-order valence-electron chi connectivity index (χ2n) is 16.4. The Labute approximate surface area is 328 Å². The standard InChI is InChI=1S/C47H45.C2H6Si.Zr/c1-8-14-31-25-41-37(40-23-29-15-9-10-16-34(29)35-17-11-12-18-36(35)40)19-13-20-38(41)45(31)44-28-33(47(5,6)7)27-43-39-26-32(46(2,3)4)22-21-30(39)24-42(43)44;1-3-2;/h9-13,15-23,25-27,45H,8,14,24H2,1-7H3;1-2H3;/q-1;;. The van der Waals surface area contributed by atoms with Crippen LogP contribution in [-0.2, 0) is 43.5 Å². The number of hydrogen-bond donors (Lipinski definition) is 0. The number of rotatable bonds is 4. The molecule has 1 unspecified atom stereocenters. The van der Waals surface area contributed by atoms with Crippen LogP contribution < -0.4 is 0 Å². The molecule has 0 nitrogen and oxygen atoms in total. The minimum Gasteiger partial charge on any atom is -0.175 e. The van der Waals surface area contributed by atoms with E-state index in [1.54, 1.807) is 0 Å². The first-order valence-corrected chi connectivity index (χ1v) is 20.5. The molecule has 0 aromatic heterocycles. The molecule has 2 heteroatoms. The van der Waals surface area contributed by atoms with Gasteiger partial charge in [0.25, 0.3) is 0 Å². The van der Waals surface area contributed by atoms with E-state index in [0.717, 1.165) is 28.8 Å². The van der Waals surface area contributed by atoms with E-state index < -0.39 is 0 Å². The predicted octanol–water partition coefficient (Wildman–Crippen LogP) is 13.7. The van der Waals surface area contributed by atoms with E-state index in [1.165, 1.54) is 88.3 Å². The molecule has 0 saturated carbocycles. The van der Waals surface area contributed by atoms with E-state index in [9.17, 15) is 0 Å². The SMILES string of the molecule is CCCC1=Cc2c(-c3cc4ccccc4c4ccccc34)cccc2C1c1[c-]c(C(C)(C)C)cc2c1Cc1ccc(C(C)(C)C)cc1-2.C[Si]C.[Zr]. The van der Waals surface area contributed by atoms with Crippen molar-refractivity contribution in [1.29, 1.82) is 0 Å². The van der Waals surface area contributed by atoms with Crippen LogP contribution in [0.5, 0.6) is 0 Å². The average molecular weight is 759 g/mol. The fourth-order valence-corrected chi connectivity index (χ4v) is 8.17. The first kappa shape index (κ1) is 37.4. The molecule has 1 atom stereocenters. The van der Waals surface area contributed by atoms with E-state index in [2.05, 4.69) is 171 Å². The molecule has 0 N–H and O–H groups in total. The van der Waals surface area contributed by atoms with Gasteiger partial charge in [0.2, 0.25) is 0 Å². The summed E-state index contributed by atoms with van der Waals surface area (Å²) in [4.78, 5) is 0. The van der Waals surface area contributed by atoms with Gasteiger partial charge in [0.15, 0.2) is 0 Å². The maximum Gasteiger partial charge on any atom is 0.0307 e. The maximum absolute atomic E-state index is 4.11. The van der Waals surface area contributed by atoms with Crippen LogP contribution in [0.2, 0.25) is 13.1 Å². The minimum atomic E-state index is -0.00387. The monoisotopic (exact) mass is 757 g/mol. The molecule has 8 rings (SSSR count). The first-order valence-electron chi connectivity index (χ1n) is 18.5. The van der Waals surface area contributed by atoms with Crippen LogP contribution in [0.25, 0.3) is 49.9 Å². The van der Waals surface area contributed by atoms with Gasteiger partial charge in [-0.2, -0.15) is 17.7 Å². The third-order valence-corrected chi connectivity index (χ3v) is 10.7. The molecular weight excluding hydrogens is 708 g/mol. The van der Waals surface area contributed by atoms with Gasteiger partial charge in [0.1, 0.15) is 0 Å². The largest absolute Gasteiger partial charge is 0.175 e. The second kappa shape index (κ2) is 14.6. The van der Waals surface area contributed by atoms with E-state index >= 15 is 0 Å². The molecule has 0 heterocycles. The maximum atomic E-state index is 4.11. The number of allylic oxidation sites excluding steroid dienone is 1. The fourth-order valence-electron chi connectivity index (χ4n) is 8.17. The molecule has 0 bridgehead atoms. The van der Waals surface area contributed by atoms with Crippen LogP contribution in [0.15, 0.2) is 103 Å². The van der Waals surface area contributed by atoms with Crippen molar-refractivity contribution < 1.29 is 26.2 Å². The molecule has 256 valence electrons. The summed E-state index contributed by atoms with van der Waals surface area (Å²) in [6, 6.07) is 41.0. The molecule has 2 radical (unpaired) electrons. The molecule has 6 aromatic carbocycles. The van der Waals surface area contributed by atoms with Crippen LogP contribution in [0.1, 0.15) is 106 Å². The summed E-state index contributed by atoms with van der Waals surface area (Å²) >= 11 is 0. The van der Waals surface area contributed by atoms with E-state index in [1.807, 2.05) is 0 Å². The summed E-state index contributed by atoms with van der Waals surface area (Å²) in [5, 5.41) is 5.25. The quantitative estimate of drug-likeness (QED) is 0.0953. The smallest absolute Gasteiger partial charge is 0.0307 e. The zero-order valence-electron chi connectivity index (χ0n) is 32.0. The molecule has 0 amide bonds. The summed E-state index contributed by atoms with van der Waals surface area (Å²) in [6.45, 7) is 20.6. The van der Waals surface area contributed by atoms with Gasteiger partial charge in [-0.05, 0) is 90.2 Å². The Morgan fingerprint density at radius 3 is 2.06 bits per heavy atom. The number of fused-ring (bicyclic) bond motifs is 7. The molecule has 2 aliphatic rings. The third kappa shape index (κ3) is 6.84. The van der Waals surface area contributed by atoms with Gasteiger partial charge in [-0.15, -0.1) is 16.7 Å². The fraction of sp³-hybridized carbons (Fsp3) is 0.306. The molecule has 6 aromatic rings. The number of hydrogen-bond acceptors (Lipinski definition) is 0. The van der Waals surface area contributed by atoms with Crippen molar-refractivity contribution in [2.45, 2.75) is 97.6 Å². The van der Waals surface area contributed by atoms with Crippen molar-refractivity contribution in [2.24, 2.45) is 0 Å². The van der Waals surface area contributed by atoms with Crippen molar-refractivity contribution in [3.8, 4) is 22.3 Å². The van der Waals surface area contributed by atoms with Gasteiger partial charge in [-0.25, -0.2) is 0 Å². The van der Waals surface area contributed by atoms with E-state index in [4.69, 9.17) is 0 Å². The van der Waals surface area contributed by atoms with Gasteiger partial charge in [0, 0.05) is 41.6 Å². The zero-order chi connectivity index (χ0) is 35.4. The van der Waals surface area contributed by atoms with Gasteiger partial charge < -0.3 is 0 Å². The van der Waals surface area contributed by atoms with Crippen molar-refractivity contribution in [1.82, 2.24) is 0 Å². The molecule has 0 saturated heterocycles. The van der Waals surface area contributed by atoms with Gasteiger partial charge in [-0.1, -0.05) is 165 Å². The Hall–Kier alpha value is -3.32. The van der Waals surface area contributed by atoms with Crippen molar-refractivity contribution in [2.75, 3.05) is 0 Å². The average Bonchev–Trinajstić information content (AvgIpc) is 3.65. The molecular formula is C49H51SiZr-. The Bertz CT molecular complexity index is 2270. The van der Waals surface area contributed by atoms with Crippen LogP contribution >= 0.6 is 0 Å². The summed E-state index contributed by atoms with van der Waals surface area (Å²) in [5.74, 6) is 0.212. The van der Waals surface area contributed by atoms with Crippen LogP contribution in [0.3, 0.4) is 0 Å². The predicted molar refractivity (Wildman–Crippen MR) is 220 cm³/mol. The molecule has 51 heavy (non-hydrogen) atoms. The molecule has 0 spiro atoms. The van der Waals surface area contributed by atoms with Crippen LogP contribution in [0, 0.1) is 6.07 Å². The third-order valence-electron chi connectivity index (χ3n) is 10.7. The second-order valence-corrected chi connectivity index (χ2v) is 17.4. The Kier molecular flexibility index (Phi) is 10.7. The first-order chi connectivity index (χ1) is 23.9. The molecule has 0 aliphatic heterocycles. The van der Waals surface area contributed by atoms with Gasteiger partial charge >= 0.3 is 0 Å². The van der Waals surface area contributed by atoms with Gasteiger partial charge in [-0.3, -0.25) is 0 Å². The van der Waals surface area contributed by atoms with Gasteiger partial charge in [0.05, 0.1) is 0 Å². The Balaban J connectivity index is 0.00000108. The summed E-state index contributed by atoms with van der Waals surface area (Å²) in [6.07, 6.45) is 5.74.